The van der Waals surface area contributed by atoms with Crippen molar-refractivity contribution < 1.29 is 9.47 Å². The second kappa shape index (κ2) is 6.83. The van der Waals surface area contributed by atoms with Gasteiger partial charge in [-0.15, -0.1) is 0 Å². The highest BCUT2D eigenvalue weighted by atomic mass is 35.5. The average Bonchev–Trinajstić information content (AvgIpc) is 2.43. The zero-order valence-electron chi connectivity index (χ0n) is 12.5. The Morgan fingerprint density at radius 3 is 2.52 bits per heavy atom. The van der Waals surface area contributed by atoms with Crippen LogP contribution in [0, 0.1) is 6.92 Å². The standard InChI is InChI=1S/C17H20ClNO2/c1-11-4-7-16(17(8-11)20-3)21-14-6-5-13(9-12(2)19)15(18)10-14/h4-8,10,12H,9,19H2,1-3H3. The van der Waals surface area contributed by atoms with E-state index in [4.69, 9.17) is 26.8 Å². The van der Waals surface area contributed by atoms with Gasteiger partial charge in [0, 0.05) is 11.1 Å². The predicted octanol–water partition coefficient (Wildman–Crippen LogP) is 4.34. The third kappa shape index (κ3) is 4.13. The summed E-state index contributed by atoms with van der Waals surface area (Å²) in [7, 11) is 1.63. The zero-order valence-corrected chi connectivity index (χ0v) is 13.3. The lowest BCUT2D eigenvalue weighted by Gasteiger charge is -2.13. The van der Waals surface area contributed by atoms with Crippen molar-refractivity contribution in [2.45, 2.75) is 26.3 Å². The number of hydrogen-bond acceptors (Lipinski definition) is 3. The third-order valence-corrected chi connectivity index (χ3v) is 3.47. The van der Waals surface area contributed by atoms with Gasteiger partial charge in [0.1, 0.15) is 5.75 Å². The lowest BCUT2D eigenvalue weighted by Crippen LogP contribution is -2.17. The molecule has 3 nitrogen and oxygen atoms in total. The van der Waals surface area contributed by atoms with E-state index in [1.807, 2.05) is 44.2 Å². The molecule has 0 saturated carbocycles. The van der Waals surface area contributed by atoms with Crippen molar-refractivity contribution in [2.75, 3.05) is 7.11 Å². The van der Waals surface area contributed by atoms with E-state index in [0.29, 0.717) is 22.3 Å². The molecule has 0 spiro atoms. The minimum absolute atomic E-state index is 0.0754. The molecule has 0 aliphatic rings. The highest BCUT2D eigenvalue weighted by molar-refractivity contribution is 6.31. The first-order valence-electron chi connectivity index (χ1n) is 6.86. The van der Waals surface area contributed by atoms with Gasteiger partial charge in [0.15, 0.2) is 11.5 Å². The molecule has 2 aromatic carbocycles. The molecular weight excluding hydrogens is 286 g/mol. The maximum Gasteiger partial charge on any atom is 0.169 e. The summed E-state index contributed by atoms with van der Waals surface area (Å²) in [4.78, 5) is 0. The molecule has 2 aromatic rings. The molecule has 2 rings (SSSR count). The quantitative estimate of drug-likeness (QED) is 0.893. The summed E-state index contributed by atoms with van der Waals surface area (Å²) in [6, 6.07) is 11.5. The fraction of sp³-hybridized carbons (Fsp3) is 0.294. The molecule has 0 heterocycles. The van der Waals surface area contributed by atoms with Crippen LogP contribution in [-0.2, 0) is 6.42 Å². The average molecular weight is 306 g/mol. The minimum atomic E-state index is 0.0754. The summed E-state index contributed by atoms with van der Waals surface area (Å²) in [5, 5.41) is 0.663. The van der Waals surface area contributed by atoms with Crippen LogP contribution in [0.3, 0.4) is 0 Å². The lowest BCUT2D eigenvalue weighted by molar-refractivity contribution is 0.378. The van der Waals surface area contributed by atoms with E-state index in [-0.39, 0.29) is 6.04 Å². The molecule has 2 N–H and O–H groups in total. The van der Waals surface area contributed by atoms with E-state index in [9.17, 15) is 0 Å². The maximum atomic E-state index is 6.27. The van der Waals surface area contributed by atoms with Crippen LogP contribution in [0.4, 0.5) is 0 Å². The summed E-state index contributed by atoms with van der Waals surface area (Å²) >= 11 is 6.27. The molecule has 0 bridgehead atoms. The minimum Gasteiger partial charge on any atom is -0.493 e. The van der Waals surface area contributed by atoms with Crippen LogP contribution in [0.15, 0.2) is 36.4 Å². The number of methoxy groups -OCH3 is 1. The van der Waals surface area contributed by atoms with E-state index in [1.54, 1.807) is 13.2 Å². The van der Waals surface area contributed by atoms with Crippen LogP contribution in [0.2, 0.25) is 5.02 Å². The van der Waals surface area contributed by atoms with Crippen molar-refractivity contribution in [1.29, 1.82) is 0 Å². The van der Waals surface area contributed by atoms with Crippen molar-refractivity contribution in [3.63, 3.8) is 0 Å². The van der Waals surface area contributed by atoms with Gasteiger partial charge in [-0.3, -0.25) is 0 Å². The van der Waals surface area contributed by atoms with Gasteiger partial charge in [-0.1, -0.05) is 23.7 Å². The third-order valence-electron chi connectivity index (χ3n) is 3.11. The van der Waals surface area contributed by atoms with Gasteiger partial charge in [-0.05, 0) is 55.7 Å². The fourth-order valence-corrected chi connectivity index (χ4v) is 2.34. The second-order valence-electron chi connectivity index (χ2n) is 5.19. The molecule has 0 amide bonds. The molecule has 0 saturated heterocycles. The first-order valence-corrected chi connectivity index (χ1v) is 7.24. The van der Waals surface area contributed by atoms with Crippen molar-refractivity contribution >= 4 is 11.6 Å². The van der Waals surface area contributed by atoms with Crippen LogP contribution in [0.5, 0.6) is 17.2 Å². The Bertz CT molecular complexity index is 626. The van der Waals surface area contributed by atoms with E-state index in [0.717, 1.165) is 17.5 Å². The van der Waals surface area contributed by atoms with Crippen molar-refractivity contribution in [2.24, 2.45) is 5.73 Å². The molecule has 112 valence electrons. The molecule has 21 heavy (non-hydrogen) atoms. The largest absolute Gasteiger partial charge is 0.493 e. The summed E-state index contributed by atoms with van der Waals surface area (Å²) in [5.41, 5.74) is 7.94. The fourth-order valence-electron chi connectivity index (χ4n) is 2.09. The molecule has 0 radical (unpaired) electrons. The second-order valence-corrected chi connectivity index (χ2v) is 5.60. The first kappa shape index (κ1) is 15.7. The van der Waals surface area contributed by atoms with E-state index >= 15 is 0 Å². The lowest BCUT2D eigenvalue weighted by atomic mass is 10.1. The number of rotatable bonds is 5. The maximum absolute atomic E-state index is 6.27. The highest BCUT2D eigenvalue weighted by Crippen LogP contribution is 2.33. The number of hydrogen-bond donors (Lipinski definition) is 1. The Hall–Kier alpha value is -1.71. The summed E-state index contributed by atoms with van der Waals surface area (Å²) in [6.45, 7) is 3.96. The van der Waals surface area contributed by atoms with Crippen LogP contribution in [0.1, 0.15) is 18.1 Å². The van der Waals surface area contributed by atoms with E-state index in [2.05, 4.69) is 0 Å². The first-order chi connectivity index (χ1) is 9.99. The van der Waals surface area contributed by atoms with Crippen LogP contribution < -0.4 is 15.2 Å². The monoisotopic (exact) mass is 305 g/mol. The Morgan fingerprint density at radius 2 is 1.90 bits per heavy atom. The number of halogens is 1. The molecule has 0 aromatic heterocycles. The van der Waals surface area contributed by atoms with Gasteiger partial charge in [-0.25, -0.2) is 0 Å². The van der Waals surface area contributed by atoms with E-state index in [1.165, 1.54) is 0 Å². The smallest absolute Gasteiger partial charge is 0.169 e. The van der Waals surface area contributed by atoms with Crippen LogP contribution in [0.25, 0.3) is 0 Å². The summed E-state index contributed by atoms with van der Waals surface area (Å²) < 4.78 is 11.2. The number of nitrogens with two attached hydrogens (primary N) is 1. The van der Waals surface area contributed by atoms with Crippen molar-refractivity contribution in [3.8, 4) is 17.2 Å². The highest BCUT2D eigenvalue weighted by Gasteiger charge is 2.09. The number of benzene rings is 2. The van der Waals surface area contributed by atoms with Crippen LogP contribution >= 0.6 is 11.6 Å². The van der Waals surface area contributed by atoms with Gasteiger partial charge in [0.25, 0.3) is 0 Å². The van der Waals surface area contributed by atoms with Crippen LogP contribution in [-0.4, -0.2) is 13.2 Å². The van der Waals surface area contributed by atoms with Gasteiger partial charge in [-0.2, -0.15) is 0 Å². The van der Waals surface area contributed by atoms with Gasteiger partial charge in [0.05, 0.1) is 7.11 Å². The Morgan fingerprint density at radius 1 is 1.14 bits per heavy atom. The molecule has 1 atom stereocenters. The molecule has 0 fully saturated rings. The molecule has 0 aliphatic carbocycles. The number of ether oxygens (including phenoxy) is 2. The molecule has 0 aliphatic heterocycles. The van der Waals surface area contributed by atoms with Gasteiger partial charge in [0.2, 0.25) is 0 Å². The van der Waals surface area contributed by atoms with Gasteiger partial charge >= 0.3 is 0 Å². The van der Waals surface area contributed by atoms with Gasteiger partial charge < -0.3 is 15.2 Å². The molecular formula is C17H20ClNO2. The predicted molar refractivity (Wildman–Crippen MR) is 86.6 cm³/mol. The van der Waals surface area contributed by atoms with Crippen molar-refractivity contribution in [1.82, 2.24) is 0 Å². The number of aryl methyl sites for hydroxylation is 1. The summed E-state index contributed by atoms with van der Waals surface area (Å²) in [5.74, 6) is 2.04. The zero-order chi connectivity index (χ0) is 15.4. The topological polar surface area (TPSA) is 44.5 Å². The Kier molecular flexibility index (Phi) is 5.10. The van der Waals surface area contributed by atoms with Crippen molar-refractivity contribution in [3.05, 3.63) is 52.5 Å². The summed E-state index contributed by atoms with van der Waals surface area (Å²) in [6.07, 6.45) is 0.743. The normalized spacial score (nSPS) is 12.0. The van der Waals surface area contributed by atoms with E-state index < -0.39 is 0 Å². The molecule has 1 unspecified atom stereocenters. The Labute approximate surface area is 130 Å². The SMILES string of the molecule is COc1cc(C)ccc1Oc1ccc(CC(C)N)c(Cl)c1. The molecule has 4 heteroatoms. The Balaban J connectivity index is 2.22.